The third kappa shape index (κ3) is 4.46. The van der Waals surface area contributed by atoms with Gasteiger partial charge in [-0.05, 0) is 29.3 Å². The maximum Gasteiger partial charge on any atom is 0.193 e. The van der Waals surface area contributed by atoms with Gasteiger partial charge in [-0.15, -0.1) is 5.32 Å². The van der Waals surface area contributed by atoms with Gasteiger partial charge in [0.1, 0.15) is 0 Å². The highest BCUT2D eigenvalue weighted by Crippen LogP contribution is 2.38. The van der Waals surface area contributed by atoms with Gasteiger partial charge in [0.15, 0.2) is 11.4 Å². The first kappa shape index (κ1) is 19.8. The lowest BCUT2D eigenvalue weighted by Crippen LogP contribution is -2.71. The van der Waals surface area contributed by atoms with E-state index in [0.29, 0.717) is 0 Å². The molecule has 2 heteroatoms. The Morgan fingerprint density at radius 2 is 0.969 bits per heavy atom. The Balaban J connectivity index is 1.70. The van der Waals surface area contributed by atoms with Crippen molar-refractivity contribution in [1.29, 1.82) is 0 Å². The highest BCUT2D eigenvalue weighted by Gasteiger charge is 2.19. The third-order valence-electron chi connectivity index (χ3n) is 5.43. The first-order valence-electron chi connectivity index (χ1n) is 10.8. The molecule has 5 aromatic rings. The number of hydrogen-bond donors (Lipinski definition) is 2. The SMILES string of the molecule is c1ccc(Nc2cc(-c3ccccc3)c([NH+]c3ccccc3)cc2-c2ccccc2)cc1. The molecule has 32 heavy (non-hydrogen) atoms. The lowest BCUT2D eigenvalue weighted by Gasteiger charge is -2.16. The zero-order valence-corrected chi connectivity index (χ0v) is 17.7. The molecule has 5 aromatic carbocycles. The number of rotatable bonds is 6. The van der Waals surface area contributed by atoms with Crippen LogP contribution >= 0.6 is 0 Å². The highest BCUT2D eigenvalue weighted by atomic mass is 14.9. The van der Waals surface area contributed by atoms with Crippen molar-refractivity contribution >= 4 is 22.7 Å². The van der Waals surface area contributed by atoms with Crippen molar-refractivity contribution in [1.82, 2.24) is 0 Å². The molecule has 0 saturated heterocycles. The zero-order valence-electron chi connectivity index (χ0n) is 17.7. The Labute approximate surface area is 189 Å². The molecule has 0 bridgehead atoms. The van der Waals surface area contributed by atoms with E-state index in [0.717, 1.165) is 33.9 Å². The van der Waals surface area contributed by atoms with Crippen LogP contribution in [0.15, 0.2) is 133 Å². The molecule has 0 atom stereocenters. The Bertz CT molecular complexity index is 1180. The molecule has 2 N–H and O–H groups in total. The van der Waals surface area contributed by atoms with E-state index >= 15 is 0 Å². The van der Waals surface area contributed by atoms with Crippen molar-refractivity contribution in [3.8, 4) is 22.3 Å². The van der Waals surface area contributed by atoms with Crippen molar-refractivity contribution < 1.29 is 5.32 Å². The van der Waals surface area contributed by atoms with Gasteiger partial charge in [0.25, 0.3) is 0 Å². The van der Waals surface area contributed by atoms with Gasteiger partial charge in [-0.25, -0.2) is 0 Å². The molecule has 0 aliphatic rings. The standard InChI is InChI=1S/C30H24N2/c1-5-13-23(14-6-1)27-21-30(32-26-19-11-4-12-20-26)28(24-15-7-2-8-16-24)22-29(27)31-25-17-9-3-10-18-25/h1-22,31-32H/q+1. The highest BCUT2D eigenvalue weighted by molar-refractivity contribution is 5.89. The van der Waals surface area contributed by atoms with E-state index in [1.165, 1.54) is 11.1 Å². The average molecular weight is 413 g/mol. The lowest BCUT2D eigenvalue weighted by atomic mass is 9.95. The second-order valence-electron chi connectivity index (χ2n) is 7.66. The summed E-state index contributed by atoms with van der Waals surface area (Å²) >= 11 is 0. The van der Waals surface area contributed by atoms with Crippen LogP contribution in [0.5, 0.6) is 0 Å². The van der Waals surface area contributed by atoms with Crippen molar-refractivity contribution in [2.24, 2.45) is 0 Å². The summed E-state index contributed by atoms with van der Waals surface area (Å²) in [5.74, 6) is 0. The lowest BCUT2D eigenvalue weighted by molar-refractivity contribution is -0.477. The topological polar surface area (TPSA) is 27.6 Å². The molecular formula is C30H24N2+. The van der Waals surface area contributed by atoms with E-state index < -0.39 is 0 Å². The maximum atomic E-state index is 3.64. The van der Waals surface area contributed by atoms with Gasteiger partial charge < -0.3 is 5.32 Å². The maximum absolute atomic E-state index is 3.64. The van der Waals surface area contributed by atoms with Gasteiger partial charge in [0.05, 0.1) is 5.56 Å². The van der Waals surface area contributed by atoms with E-state index in [2.05, 4.69) is 108 Å². The van der Waals surface area contributed by atoms with Crippen molar-refractivity contribution in [2.45, 2.75) is 0 Å². The Kier molecular flexibility index (Phi) is 5.78. The summed E-state index contributed by atoms with van der Waals surface area (Å²) in [4.78, 5) is 0. The number of hydrogen-bond acceptors (Lipinski definition) is 2. The molecule has 5 rings (SSSR count). The predicted molar refractivity (Wildman–Crippen MR) is 134 cm³/mol. The summed E-state index contributed by atoms with van der Waals surface area (Å²) < 4.78 is 0. The summed E-state index contributed by atoms with van der Waals surface area (Å²) in [5, 5.41) is 7.29. The molecule has 0 aliphatic carbocycles. The molecule has 0 spiro atoms. The van der Waals surface area contributed by atoms with E-state index in [1.807, 2.05) is 36.4 Å². The third-order valence-corrected chi connectivity index (χ3v) is 5.43. The molecule has 153 valence electrons. The molecule has 0 saturated carbocycles. The van der Waals surface area contributed by atoms with Crippen LogP contribution in [-0.4, -0.2) is 0 Å². The molecule has 0 fully saturated rings. The fourth-order valence-corrected chi connectivity index (χ4v) is 3.87. The normalized spacial score (nSPS) is 10.6. The molecule has 0 aliphatic heterocycles. The van der Waals surface area contributed by atoms with E-state index in [1.54, 1.807) is 0 Å². The minimum absolute atomic E-state index is 1.06. The minimum atomic E-state index is 1.06. The van der Waals surface area contributed by atoms with Crippen LogP contribution in [0.3, 0.4) is 0 Å². The first-order valence-corrected chi connectivity index (χ1v) is 10.8. The summed E-state index contributed by atoms with van der Waals surface area (Å²) in [6.07, 6.45) is 0. The van der Waals surface area contributed by atoms with Crippen molar-refractivity contribution in [2.75, 3.05) is 5.32 Å². The van der Waals surface area contributed by atoms with Crippen LogP contribution in [0, 0.1) is 0 Å². The summed E-state index contributed by atoms with van der Waals surface area (Å²) in [6, 6.07) is 46.2. The van der Waals surface area contributed by atoms with Crippen LogP contribution in [0.1, 0.15) is 0 Å². The second kappa shape index (κ2) is 9.34. The zero-order chi connectivity index (χ0) is 21.6. The van der Waals surface area contributed by atoms with Crippen LogP contribution < -0.4 is 10.6 Å². The van der Waals surface area contributed by atoms with E-state index in [4.69, 9.17) is 0 Å². The molecule has 0 unspecified atom stereocenters. The fourth-order valence-electron chi connectivity index (χ4n) is 3.87. The molecule has 2 nitrogen and oxygen atoms in total. The smallest absolute Gasteiger partial charge is 0.193 e. The van der Waals surface area contributed by atoms with Gasteiger partial charge in [-0.3, -0.25) is 0 Å². The summed E-state index contributed by atoms with van der Waals surface area (Å²) in [5.41, 5.74) is 8.89. The Hall–Kier alpha value is -4.14. The molecule has 1 radical (unpaired) electrons. The number of benzene rings is 5. The minimum Gasteiger partial charge on any atom is -0.355 e. The quantitative estimate of drug-likeness (QED) is 0.306. The second-order valence-corrected chi connectivity index (χ2v) is 7.66. The van der Waals surface area contributed by atoms with Crippen LogP contribution in [0.25, 0.3) is 22.3 Å². The molecule has 0 amide bonds. The van der Waals surface area contributed by atoms with Crippen LogP contribution in [0.4, 0.5) is 22.7 Å². The molecule has 0 heterocycles. The Morgan fingerprint density at radius 1 is 0.469 bits per heavy atom. The Morgan fingerprint density at radius 3 is 1.56 bits per heavy atom. The number of para-hydroxylation sites is 2. The van der Waals surface area contributed by atoms with Gasteiger partial charge in [-0.2, -0.15) is 0 Å². The van der Waals surface area contributed by atoms with E-state index in [9.17, 15) is 0 Å². The monoisotopic (exact) mass is 412 g/mol. The average Bonchev–Trinajstić information content (AvgIpc) is 2.87. The molecular weight excluding hydrogens is 388 g/mol. The number of nitrogens with one attached hydrogen (secondary N) is 2. The van der Waals surface area contributed by atoms with Crippen molar-refractivity contribution in [3.63, 3.8) is 0 Å². The first-order chi connectivity index (χ1) is 15.9. The van der Waals surface area contributed by atoms with Crippen LogP contribution in [0.2, 0.25) is 0 Å². The summed E-state index contributed by atoms with van der Waals surface area (Å²) in [6.45, 7) is 0. The van der Waals surface area contributed by atoms with Gasteiger partial charge >= 0.3 is 0 Å². The number of anilines is 4. The van der Waals surface area contributed by atoms with Gasteiger partial charge in [0, 0.05) is 35.1 Å². The predicted octanol–water partition coefficient (Wildman–Crippen LogP) is 7.08. The van der Waals surface area contributed by atoms with Gasteiger partial charge in [-0.1, -0.05) is 97.1 Å². The van der Waals surface area contributed by atoms with Gasteiger partial charge in [0.2, 0.25) is 0 Å². The largest absolute Gasteiger partial charge is 0.355 e. The van der Waals surface area contributed by atoms with Crippen LogP contribution in [-0.2, 0) is 0 Å². The van der Waals surface area contributed by atoms with E-state index in [-0.39, 0.29) is 0 Å². The van der Waals surface area contributed by atoms with Crippen molar-refractivity contribution in [3.05, 3.63) is 133 Å². The fraction of sp³-hybridized carbons (Fsp3) is 0. The summed E-state index contributed by atoms with van der Waals surface area (Å²) in [7, 11) is 0. The molecule has 0 aromatic heterocycles.